The molecule has 3 heterocycles. The number of carbonyl (C=O) groups excluding carboxylic acids is 1. The van der Waals surface area contributed by atoms with Gasteiger partial charge in [0.2, 0.25) is 5.91 Å². The minimum absolute atomic E-state index is 0.0874. The summed E-state index contributed by atoms with van der Waals surface area (Å²) in [5.74, 6) is 1.70. The van der Waals surface area contributed by atoms with E-state index in [0.29, 0.717) is 29.1 Å². The highest BCUT2D eigenvalue weighted by molar-refractivity contribution is 7.99. The van der Waals surface area contributed by atoms with Crippen molar-refractivity contribution >= 4 is 36.0 Å². The Labute approximate surface area is 192 Å². The van der Waals surface area contributed by atoms with Crippen LogP contribution in [0.3, 0.4) is 0 Å². The Morgan fingerprint density at radius 2 is 1.94 bits per heavy atom. The molecule has 1 aliphatic rings. The van der Waals surface area contributed by atoms with Crippen LogP contribution in [0.25, 0.3) is 0 Å². The zero-order valence-electron chi connectivity index (χ0n) is 17.9. The van der Waals surface area contributed by atoms with E-state index in [-0.39, 0.29) is 11.2 Å². The van der Waals surface area contributed by atoms with E-state index in [0.717, 1.165) is 36.5 Å². The van der Waals surface area contributed by atoms with Crippen LogP contribution in [0, 0.1) is 13.8 Å². The first-order valence-corrected chi connectivity index (χ1v) is 11.9. The van der Waals surface area contributed by atoms with Gasteiger partial charge in [0.1, 0.15) is 11.1 Å². The number of fused-ring (bicyclic) bond motifs is 1. The smallest absolute Gasteiger partial charge is 0.237 e. The van der Waals surface area contributed by atoms with Crippen LogP contribution in [-0.2, 0) is 17.8 Å². The summed E-state index contributed by atoms with van der Waals surface area (Å²) in [7, 11) is 0. The summed E-state index contributed by atoms with van der Waals surface area (Å²) in [6, 6.07) is 10.1. The molecule has 0 aliphatic carbocycles. The van der Waals surface area contributed by atoms with E-state index < -0.39 is 0 Å². The van der Waals surface area contributed by atoms with Crippen molar-refractivity contribution in [1.82, 2.24) is 24.7 Å². The largest absolute Gasteiger partial charge is 0.311 e. The van der Waals surface area contributed by atoms with Gasteiger partial charge < -0.3 is 9.47 Å². The molecule has 2 aromatic heterocycles. The van der Waals surface area contributed by atoms with Gasteiger partial charge in [0, 0.05) is 30.2 Å². The van der Waals surface area contributed by atoms with Crippen LogP contribution in [0.4, 0.5) is 5.69 Å². The van der Waals surface area contributed by atoms with Crippen LogP contribution in [0.15, 0.2) is 35.5 Å². The third-order valence-electron chi connectivity index (χ3n) is 5.29. The molecule has 7 nitrogen and oxygen atoms in total. The highest BCUT2D eigenvalue weighted by Gasteiger charge is 2.25. The second kappa shape index (κ2) is 9.40. The van der Waals surface area contributed by atoms with Crippen LogP contribution >= 0.6 is 24.4 Å². The average Bonchev–Trinajstić information content (AvgIpc) is 3.18. The number of amides is 1. The number of hydrogen-bond acceptors (Lipinski definition) is 7. The first kappa shape index (κ1) is 21.8. The summed E-state index contributed by atoms with van der Waals surface area (Å²) < 4.78 is 1.99. The van der Waals surface area contributed by atoms with E-state index in [4.69, 9.17) is 12.6 Å². The Kier molecular flexibility index (Phi) is 6.62. The monoisotopic (exact) mass is 454 g/mol. The number of thiol groups is 1. The van der Waals surface area contributed by atoms with Crippen LogP contribution in [-0.4, -0.2) is 42.9 Å². The number of anilines is 1. The van der Waals surface area contributed by atoms with Crippen molar-refractivity contribution < 1.29 is 4.79 Å². The van der Waals surface area contributed by atoms with Crippen LogP contribution in [0.1, 0.15) is 47.2 Å². The normalized spacial score (nSPS) is 14.4. The molecule has 31 heavy (non-hydrogen) atoms. The number of rotatable bonds is 6. The van der Waals surface area contributed by atoms with Crippen molar-refractivity contribution in [2.45, 2.75) is 50.6 Å². The number of aromatic nitrogens is 5. The van der Waals surface area contributed by atoms with Gasteiger partial charge in [-0.3, -0.25) is 4.79 Å². The number of benzene rings is 1. The maximum absolute atomic E-state index is 13.0. The zero-order chi connectivity index (χ0) is 22.0. The molecule has 9 heteroatoms. The lowest BCUT2D eigenvalue weighted by atomic mass is 10.0. The highest BCUT2D eigenvalue weighted by Crippen LogP contribution is 2.30. The summed E-state index contributed by atoms with van der Waals surface area (Å²) >= 11 is 6.14. The van der Waals surface area contributed by atoms with Gasteiger partial charge in [-0.25, -0.2) is 9.97 Å². The quantitative estimate of drug-likeness (QED) is 0.451. The number of hydrogen-bond donors (Lipinski definition) is 1. The molecular weight excluding hydrogens is 428 g/mol. The number of carbonyl (C=O) groups is 1. The minimum atomic E-state index is -0.384. The fraction of sp³-hybridized carbons (Fsp3) is 0.409. The standard InChI is InChI=1S/C22H26N6OS2/c1-4-27-21(19(30)20-23-14(2)12-15(3)24-20)25-26-22(27)31-13-18(29)28-11-7-9-16-8-5-6-10-17(16)28/h5-6,8,10,12,19,30H,4,7,9,11,13H2,1-3H3. The van der Waals surface area contributed by atoms with E-state index in [1.54, 1.807) is 0 Å². The summed E-state index contributed by atoms with van der Waals surface area (Å²) in [5.41, 5.74) is 4.05. The van der Waals surface area contributed by atoms with Crippen molar-refractivity contribution in [3.63, 3.8) is 0 Å². The van der Waals surface area contributed by atoms with Crippen molar-refractivity contribution in [3.8, 4) is 0 Å². The topological polar surface area (TPSA) is 76.8 Å². The van der Waals surface area contributed by atoms with Gasteiger partial charge in [0.15, 0.2) is 11.0 Å². The van der Waals surface area contributed by atoms with E-state index in [2.05, 4.69) is 26.2 Å². The fourth-order valence-corrected chi connectivity index (χ4v) is 5.09. The molecule has 0 N–H and O–H groups in total. The Morgan fingerprint density at radius 1 is 1.19 bits per heavy atom. The molecule has 1 aliphatic heterocycles. The number of para-hydroxylation sites is 1. The van der Waals surface area contributed by atoms with Crippen LogP contribution < -0.4 is 4.90 Å². The SMILES string of the molecule is CCn1c(SCC(=O)N2CCCc3ccccc32)nnc1C(S)c1nc(C)cc(C)n1. The van der Waals surface area contributed by atoms with Crippen molar-refractivity contribution in [3.05, 3.63) is 58.9 Å². The summed E-state index contributed by atoms with van der Waals surface area (Å²) in [4.78, 5) is 23.9. The molecule has 0 radical (unpaired) electrons. The molecule has 0 bridgehead atoms. The van der Waals surface area contributed by atoms with E-state index >= 15 is 0 Å². The molecule has 1 atom stereocenters. The Hall–Kier alpha value is -2.39. The van der Waals surface area contributed by atoms with E-state index in [9.17, 15) is 4.79 Å². The maximum atomic E-state index is 13.0. The third kappa shape index (κ3) is 4.62. The van der Waals surface area contributed by atoms with Crippen LogP contribution in [0.5, 0.6) is 0 Å². The molecule has 0 saturated carbocycles. The molecule has 4 rings (SSSR count). The molecule has 1 unspecified atom stereocenters. The lowest BCUT2D eigenvalue weighted by Gasteiger charge is -2.29. The predicted octanol–water partition coefficient (Wildman–Crippen LogP) is 3.80. The minimum Gasteiger partial charge on any atom is -0.311 e. The lowest BCUT2D eigenvalue weighted by Crippen LogP contribution is -2.36. The van der Waals surface area contributed by atoms with Crippen LogP contribution in [0.2, 0.25) is 0 Å². The van der Waals surface area contributed by atoms with E-state index in [1.807, 2.05) is 54.5 Å². The second-order valence-electron chi connectivity index (χ2n) is 7.56. The van der Waals surface area contributed by atoms with E-state index in [1.165, 1.54) is 17.3 Å². The van der Waals surface area contributed by atoms with Gasteiger partial charge in [-0.1, -0.05) is 30.0 Å². The molecule has 1 aromatic carbocycles. The Morgan fingerprint density at radius 3 is 2.68 bits per heavy atom. The Bertz CT molecular complexity index is 1080. The highest BCUT2D eigenvalue weighted by atomic mass is 32.2. The molecular formula is C22H26N6OS2. The summed E-state index contributed by atoms with van der Waals surface area (Å²) in [5, 5.41) is 9.02. The van der Waals surface area contributed by atoms with Gasteiger partial charge in [0.25, 0.3) is 0 Å². The number of thioether (sulfide) groups is 1. The van der Waals surface area contributed by atoms with Crippen molar-refractivity contribution in [2.24, 2.45) is 0 Å². The first-order chi connectivity index (χ1) is 15.0. The Balaban J connectivity index is 1.50. The van der Waals surface area contributed by atoms with Gasteiger partial charge in [-0.2, -0.15) is 12.6 Å². The summed E-state index contributed by atoms with van der Waals surface area (Å²) in [6.45, 7) is 7.34. The first-order valence-electron chi connectivity index (χ1n) is 10.4. The summed E-state index contributed by atoms with van der Waals surface area (Å²) in [6.07, 6.45) is 2.00. The maximum Gasteiger partial charge on any atom is 0.237 e. The number of aryl methyl sites for hydroxylation is 3. The molecule has 0 spiro atoms. The number of nitrogens with zero attached hydrogens (tertiary/aromatic N) is 6. The molecule has 3 aromatic rings. The van der Waals surface area contributed by atoms with Gasteiger partial charge >= 0.3 is 0 Å². The van der Waals surface area contributed by atoms with Crippen molar-refractivity contribution in [1.29, 1.82) is 0 Å². The molecule has 1 amide bonds. The third-order valence-corrected chi connectivity index (χ3v) is 6.70. The van der Waals surface area contributed by atoms with Gasteiger partial charge in [-0.05, 0) is 51.3 Å². The van der Waals surface area contributed by atoms with Gasteiger partial charge in [0.05, 0.1) is 5.75 Å². The van der Waals surface area contributed by atoms with Gasteiger partial charge in [-0.15, -0.1) is 10.2 Å². The zero-order valence-corrected chi connectivity index (χ0v) is 19.7. The second-order valence-corrected chi connectivity index (χ2v) is 9.02. The molecule has 0 saturated heterocycles. The molecule has 162 valence electrons. The fourth-order valence-electron chi connectivity index (χ4n) is 3.89. The average molecular weight is 455 g/mol. The predicted molar refractivity (Wildman–Crippen MR) is 126 cm³/mol. The lowest BCUT2D eigenvalue weighted by molar-refractivity contribution is -0.116. The molecule has 0 fully saturated rings. The van der Waals surface area contributed by atoms with Crippen molar-refractivity contribution in [2.75, 3.05) is 17.2 Å².